The molecule has 2 unspecified atom stereocenters. The third kappa shape index (κ3) is 5.08. The molecule has 0 aromatic heterocycles. The van der Waals surface area contributed by atoms with Crippen molar-refractivity contribution in [2.45, 2.75) is 25.0 Å². The third-order valence-corrected chi connectivity index (χ3v) is 4.30. The van der Waals surface area contributed by atoms with Gasteiger partial charge in [0.05, 0.1) is 7.11 Å². The highest BCUT2D eigenvalue weighted by Crippen LogP contribution is 2.26. The molecule has 0 radical (unpaired) electrons. The standard InChI is InChI=1S/C20H19FN2O6/c1-27-19(25)15(22)9-11-2-5-13(6-3-11)28-16-7-4-12(8-14(16)21)10-17-18(24)23-20(26)29-17/h2-8,15,17H,9-10,22H2,1H3,(H,23,24,26). The quantitative estimate of drug-likeness (QED) is 0.679. The molecule has 1 fully saturated rings. The smallest absolute Gasteiger partial charge is 0.414 e. The van der Waals surface area contributed by atoms with Gasteiger partial charge in [-0.15, -0.1) is 0 Å². The number of alkyl carbamates (subject to hydrolysis) is 1. The average molecular weight is 402 g/mol. The number of carbonyl (C=O) groups is 3. The first kappa shape index (κ1) is 20.3. The molecule has 1 aliphatic rings. The minimum Gasteiger partial charge on any atom is -0.468 e. The fourth-order valence-electron chi connectivity index (χ4n) is 2.80. The number of cyclic esters (lactones) is 1. The third-order valence-electron chi connectivity index (χ3n) is 4.30. The van der Waals surface area contributed by atoms with Crippen LogP contribution in [0.3, 0.4) is 0 Å². The molecule has 152 valence electrons. The van der Waals surface area contributed by atoms with Gasteiger partial charge in [0, 0.05) is 6.42 Å². The van der Waals surface area contributed by atoms with Gasteiger partial charge in [0.2, 0.25) is 0 Å². The van der Waals surface area contributed by atoms with Crippen LogP contribution in [0.5, 0.6) is 11.5 Å². The summed E-state index contributed by atoms with van der Waals surface area (Å²) in [6, 6.07) is 10.2. The van der Waals surface area contributed by atoms with Crippen LogP contribution in [0.25, 0.3) is 0 Å². The van der Waals surface area contributed by atoms with Crippen LogP contribution in [-0.2, 0) is 31.9 Å². The predicted molar refractivity (Wildman–Crippen MR) is 98.7 cm³/mol. The summed E-state index contributed by atoms with van der Waals surface area (Å²) in [6.45, 7) is 0. The Morgan fingerprint density at radius 2 is 1.90 bits per heavy atom. The van der Waals surface area contributed by atoms with E-state index in [0.717, 1.165) is 5.56 Å². The van der Waals surface area contributed by atoms with Crippen LogP contribution in [0.4, 0.5) is 9.18 Å². The Morgan fingerprint density at radius 3 is 2.48 bits per heavy atom. The van der Waals surface area contributed by atoms with E-state index in [2.05, 4.69) is 4.74 Å². The number of esters is 1. The molecule has 1 aliphatic heterocycles. The van der Waals surface area contributed by atoms with Gasteiger partial charge in [-0.05, 0) is 41.8 Å². The molecular formula is C20H19FN2O6. The summed E-state index contributed by atoms with van der Waals surface area (Å²) < 4.78 is 29.3. The molecule has 1 saturated heterocycles. The molecule has 8 nitrogen and oxygen atoms in total. The van der Waals surface area contributed by atoms with E-state index in [1.54, 1.807) is 30.3 Å². The Morgan fingerprint density at radius 1 is 1.21 bits per heavy atom. The van der Waals surface area contributed by atoms with Gasteiger partial charge in [0.25, 0.3) is 5.91 Å². The number of nitrogens with two attached hydrogens (primary N) is 1. The summed E-state index contributed by atoms with van der Waals surface area (Å²) in [5.74, 6) is -1.28. The maximum absolute atomic E-state index is 14.4. The molecule has 1 heterocycles. The maximum atomic E-state index is 14.4. The molecule has 0 aliphatic carbocycles. The Bertz CT molecular complexity index is 931. The van der Waals surface area contributed by atoms with Gasteiger partial charge in [-0.3, -0.25) is 14.9 Å². The average Bonchev–Trinajstić information content (AvgIpc) is 3.01. The normalized spacial score (nSPS) is 16.7. The Labute approximate surface area is 165 Å². The number of ether oxygens (including phenoxy) is 3. The van der Waals surface area contributed by atoms with Crippen molar-refractivity contribution in [3.63, 3.8) is 0 Å². The van der Waals surface area contributed by atoms with E-state index in [4.69, 9.17) is 15.2 Å². The Hall–Kier alpha value is -3.46. The molecule has 0 spiro atoms. The van der Waals surface area contributed by atoms with Gasteiger partial charge < -0.3 is 19.9 Å². The summed E-state index contributed by atoms with van der Waals surface area (Å²) in [6.07, 6.45) is -1.42. The van der Waals surface area contributed by atoms with Gasteiger partial charge in [0.15, 0.2) is 17.7 Å². The molecule has 0 saturated carbocycles. The number of rotatable bonds is 7. The highest BCUT2D eigenvalue weighted by Gasteiger charge is 2.32. The van der Waals surface area contributed by atoms with Gasteiger partial charge in [0.1, 0.15) is 11.8 Å². The number of carbonyl (C=O) groups excluding carboxylic acids is 3. The summed E-state index contributed by atoms with van der Waals surface area (Å²) in [4.78, 5) is 33.9. The minimum atomic E-state index is -0.974. The molecule has 3 rings (SSSR count). The summed E-state index contributed by atoms with van der Waals surface area (Å²) >= 11 is 0. The second-order valence-corrected chi connectivity index (χ2v) is 6.43. The van der Waals surface area contributed by atoms with Crippen LogP contribution in [0, 0.1) is 5.82 Å². The summed E-state index contributed by atoms with van der Waals surface area (Å²) in [7, 11) is 1.27. The van der Waals surface area contributed by atoms with Gasteiger partial charge in [-0.25, -0.2) is 9.18 Å². The number of benzene rings is 2. The summed E-state index contributed by atoms with van der Waals surface area (Å²) in [5.41, 5.74) is 7.01. The largest absolute Gasteiger partial charge is 0.468 e. The second kappa shape index (κ2) is 8.70. The number of amides is 2. The van der Waals surface area contributed by atoms with E-state index in [1.165, 1.54) is 19.2 Å². The highest BCUT2D eigenvalue weighted by molar-refractivity contribution is 6.00. The molecule has 2 amide bonds. The van der Waals surface area contributed by atoms with Crippen LogP contribution in [0.1, 0.15) is 11.1 Å². The number of imide groups is 1. The second-order valence-electron chi connectivity index (χ2n) is 6.43. The number of methoxy groups -OCH3 is 1. The van der Waals surface area contributed by atoms with Crippen molar-refractivity contribution in [1.82, 2.24) is 5.32 Å². The Balaban J connectivity index is 1.62. The van der Waals surface area contributed by atoms with Gasteiger partial charge in [-0.2, -0.15) is 0 Å². The zero-order valence-corrected chi connectivity index (χ0v) is 15.5. The van der Waals surface area contributed by atoms with Crippen LogP contribution in [0.15, 0.2) is 42.5 Å². The van der Waals surface area contributed by atoms with E-state index in [0.29, 0.717) is 17.7 Å². The van der Waals surface area contributed by atoms with Crippen LogP contribution in [-0.4, -0.2) is 37.2 Å². The van der Waals surface area contributed by atoms with E-state index in [1.807, 2.05) is 5.32 Å². The molecule has 2 aromatic rings. The van der Waals surface area contributed by atoms with E-state index >= 15 is 0 Å². The predicted octanol–water partition coefficient (Wildman–Crippen LogP) is 1.84. The molecule has 9 heteroatoms. The van der Waals surface area contributed by atoms with E-state index in [9.17, 15) is 18.8 Å². The van der Waals surface area contributed by atoms with Crippen molar-refractivity contribution in [3.8, 4) is 11.5 Å². The highest BCUT2D eigenvalue weighted by atomic mass is 19.1. The lowest BCUT2D eigenvalue weighted by Crippen LogP contribution is -2.33. The maximum Gasteiger partial charge on any atom is 0.414 e. The molecule has 3 N–H and O–H groups in total. The minimum absolute atomic E-state index is 0.000584. The lowest BCUT2D eigenvalue weighted by molar-refractivity contribution is -0.142. The van der Waals surface area contributed by atoms with Crippen molar-refractivity contribution in [2.75, 3.05) is 7.11 Å². The van der Waals surface area contributed by atoms with Crippen LogP contribution in [0.2, 0.25) is 0 Å². The number of hydrogen-bond acceptors (Lipinski definition) is 7. The lowest BCUT2D eigenvalue weighted by atomic mass is 10.1. The lowest BCUT2D eigenvalue weighted by Gasteiger charge is -2.11. The van der Waals surface area contributed by atoms with Crippen molar-refractivity contribution in [2.24, 2.45) is 5.73 Å². The Kier molecular flexibility index (Phi) is 6.08. The van der Waals surface area contributed by atoms with E-state index < -0.39 is 35.9 Å². The molecule has 2 atom stereocenters. The molecule has 0 bridgehead atoms. The molecular weight excluding hydrogens is 383 g/mol. The first-order valence-electron chi connectivity index (χ1n) is 8.76. The first-order chi connectivity index (χ1) is 13.9. The topological polar surface area (TPSA) is 117 Å². The van der Waals surface area contributed by atoms with Crippen LogP contribution >= 0.6 is 0 Å². The molecule has 2 aromatic carbocycles. The van der Waals surface area contributed by atoms with Crippen molar-refractivity contribution >= 4 is 18.0 Å². The monoisotopic (exact) mass is 402 g/mol. The van der Waals surface area contributed by atoms with Crippen molar-refractivity contribution in [3.05, 3.63) is 59.4 Å². The first-order valence-corrected chi connectivity index (χ1v) is 8.76. The van der Waals surface area contributed by atoms with Gasteiger partial charge >= 0.3 is 12.1 Å². The summed E-state index contributed by atoms with van der Waals surface area (Å²) in [5, 5.41) is 2.02. The zero-order valence-electron chi connectivity index (χ0n) is 15.5. The van der Waals surface area contributed by atoms with E-state index in [-0.39, 0.29) is 12.2 Å². The zero-order chi connectivity index (χ0) is 21.0. The van der Waals surface area contributed by atoms with Crippen molar-refractivity contribution < 1.29 is 33.0 Å². The number of nitrogens with one attached hydrogen (secondary N) is 1. The van der Waals surface area contributed by atoms with Crippen LogP contribution < -0.4 is 15.8 Å². The fourth-order valence-corrected chi connectivity index (χ4v) is 2.80. The molecule has 29 heavy (non-hydrogen) atoms. The fraction of sp³-hybridized carbons (Fsp3) is 0.250. The number of hydrogen-bond donors (Lipinski definition) is 2. The SMILES string of the molecule is COC(=O)C(N)Cc1ccc(Oc2ccc(CC3OC(=O)NC3=O)cc2F)cc1. The number of halogens is 1. The van der Waals surface area contributed by atoms with Gasteiger partial charge in [-0.1, -0.05) is 18.2 Å². The van der Waals surface area contributed by atoms with Crippen molar-refractivity contribution in [1.29, 1.82) is 0 Å².